The summed E-state index contributed by atoms with van der Waals surface area (Å²) in [7, 11) is 0. The van der Waals surface area contributed by atoms with Crippen LogP contribution >= 0.6 is 0 Å². The lowest BCUT2D eigenvalue weighted by Gasteiger charge is -2.40. The standard InChI is InChI=1S/C28H31F4N5/c29-23-17-21(12-13-22(23)28(30,31)32)37-16-6-9-20(18-37)34-25-10-4-5-11-26(25)36-27-33-15-14-24(35-27)19-7-2-1-3-8-19/h1-3,7-8,12-15,17,20,25-26,34H,4-6,9-11,16,18H2,(H,33,35,36)/t20-,25?,26?/m0/s1. The van der Waals surface area contributed by atoms with Crippen molar-refractivity contribution < 1.29 is 17.6 Å². The molecular formula is C28H31F4N5. The van der Waals surface area contributed by atoms with Crippen LogP contribution in [0, 0.1) is 5.82 Å². The molecule has 5 rings (SSSR count). The first-order chi connectivity index (χ1) is 17.9. The summed E-state index contributed by atoms with van der Waals surface area (Å²) in [5.74, 6) is -0.625. The Bertz CT molecular complexity index is 1190. The third kappa shape index (κ3) is 6.21. The van der Waals surface area contributed by atoms with Gasteiger partial charge in [-0.15, -0.1) is 0 Å². The largest absolute Gasteiger partial charge is 0.419 e. The molecule has 0 amide bonds. The predicted octanol–water partition coefficient (Wildman–Crippen LogP) is 6.28. The van der Waals surface area contributed by atoms with Gasteiger partial charge in [-0.1, -0.05) is 43.2 Å². The fourth-order valence-corrected chi connectivity index (χ4v) is 5.45. The van der Waals surface area contributed by atoms with E-state index in [9.17, 15) is 17.6 Å². The minimum atomic E-state index is -4.69. The number of piperidine rings is 1. The summed E-state index contributed by atoms with van der Waals surface area (Å²) in [5.41, 5.74) is 1.16. The Hall–Kier alpha value is -3.20. The highest BCUT2D eigenvalue weighted by molar-refractivity contribution is 5.59. The minimum Gasteiger partial charge on any atom is -0.370 e. The highest BCUT2D eigenvalue weighted by Gasteiger charge is 2.35. The molecule has 0 bridgehead atoms. The van der Waals surface area contributed by atoms with Gasteiger partial charge in [0.2, 0.25) is 5.95 Å². The maximum atomic E-state index is 14.2. The number of rotatable bonds is 6. The van der Waals surface area contributed by atoms with Crippen molar-refractivity contribution in [3.63, 3.8) is 0 Å². The van der Waals surface area contributed by atoms with Crippen molar-refractivity contribution in [3.05, 3.63) is 72.2 Å². The molecule has 1 aliphatic heterocycles. The Morgan fingerprint density at radius 2 is 1.68 bits per heavy atom. The van der Waals surface area contributed by atoms with Gasteiger partial charge in [0, 0.05) is 48.7 Å². The van der Waals surface area contributed by atoms with Crippen LogP contribution in [0.5, 0.6) is 0 Å². The second-order valence-corrected chi connectivity index (χ2v) is 9.89. The molecule has 2 fully saturated rings. The number of alkyl halides is 3. The molecule has 1 aliphatic carbocycles. The molecule has 1 saturated heterocycles. The fourth-order valence-electron chi connectivity index (χ4n) is 5.45. The molecule has 3 aromatic rings. The highest BCUT2D eigenvalue weighted by atomic mass is 19.4. The summed E-state index contributed by atoms with van der Waals surface area (Å²) in [6.45, 7) is 1.31. The second kappa shape index (κ2) is 11.0. The van der Waals surface area contributed by atoms with Crippen LogP contribution in [0.3, 0.4) is 0 Å². The first kappa shape index (κ1) is 25.4. The van der Waals surface area contributed by atoms with Gasteiger partial charge in [-0.3, -0.25) is 0 Å². The number of halogens is 4. The molecule has 9 heteroatoms. The van der Waals surface area contributed by atoms with Gasteiger partial charge >= 0.3 is 6.18 Å². The summed E-state index contributed by atoms with van der Waals surface area (Å²) in [5, 5.41) is 7.34. The molecule has 3 atom stereocenters. The maximum Gasteiger partial charge on any atom is 0.419 e. The van der Waals surface area contributed by atoms with Crippen LogP contribution in [0.1, 0.15) is 44.1 Å². The van der Waals surface area contributed by atoms with Crippen molar-refractivity contribution in [2.45, 2.75) is 62.8 Å². The van der Waals surface area contributed by atoms with Crippen molar-refractivity contribution in [3.8, 4) is 11.3 Å². The van der Waals surface area contributed by atoms with Gasteiger partial charge < -0.3 is 15.5 Å². The molecule has 0 radical (unpaired) electrons. The molecule has 0 spiro atoms. The van der Waals surface area contributed by atoms with Crippen LogP contribution in [0.2, 0.25) is 0 Å². The first-order valence-corrected chi connectivity index (χ1v) is 12.9. The van der Waals surface area contributed by atoms with Crippen LogP contribution < -0.4 is 15.5 Å². The average molecular weight is 514 g/mol. The van der Waals surface area contributed by atoms with Gasteiger partial charge in [-0.05, 0) is 49.9 Å². The monoisotopic (exact) mass is 513 g/mol. The van der Waals surface area contributed by atoms with Crippen molar-refractivity contribution in [1.29, 1.82) is 0 Å². The zero-order valence-corrected chi connectivity index (χ0v) is 20.5. The molecule has 2 heterocycles. The van der Waals surface area contributed by atoms with E-state index in [0.717, 1.165) is 61.9 Å². The molecular weight excluding hydrogens is 482 g/mol. The summed E-state index contributed by atoms with van der Waals surface area (Å²) < 4.78 is 53.1. The lowest BCUT2D eigenvalue weighted by molar-refractivity contribution is -0.139. The smallest absolute Gasteiger partial charge is 0.370 e. The second-order valence-electron chi connectivity index (χ2n) is 9.89. The number of nitrogens with one attached hydrogen (secondary N) is 2. The number of hydrogen-bond donors (Lipinski definition) is 2. The van der Waals surface area contributed by atoms with Crippen LogP contribution in [0.4, 0.5) is 29.2 Å². The Morgan fingerprint density at radius 3 is 2.43 bits per heavy atom. The average Bonchev–Trinajstić information content (AvgIpc) is 2.90. The van der Waals surface area contributed by atoms with Gasteiger partial charge in [0.15, 0.2) is 0 Å². The molecule has 196 valence electrons. The molecule has 2 unspecified atom stereocenters. The first-order valence-electron chi connectivity index (χ1n) is 12.9. The minimum absolute atomic E-state index is 0.156. The normalized spacial score (nSPS) is 22.6. The topological polar surface area (TPSA) is 53.1 Å². The van der Waals surface area contributed by atoms with Gasteiger partial charge in [-0.2, -0.15) is 13.2 Å². The Labute approximate surface area is 214 Å². The van der Waals surface area contributed by atoms with Crippen molar-refractivity contribution >= 4 is 11.6 Å². The molecule has 2 aromatic carbocycles. The lowest BCUT2D eigenvalue weighted by Crippen LogP contribution is -2.55. The van der Waals surface area contributed by atoms with Crippen LogP contribution in [0.25, 0.3) is 11.3 Å². The third-order valence-electron chi connectivity index (χ3n) is 7.30. The number of benzene rings is 2. The molecule has 1 saturated carbocycles. The zero-order valence-electron chi connectivity index (χ0n) is 20.5. The number of anilines is 2. The van der Waals surface area contributed by atoms with Gasteiger partial charge in [0.1, 0.15) is 5.82 Å². The summed E-state index contributed by atoms with van der Waals surface area (Å²) in [6.07, 6.45) is 3.18. The summed E-state index contributed by atoms with van der Waals surface area (Å²) in [6, 6.07) is 15.6. The van der Waals surface area contributed by atoms with E-state index in [1.807, 2.05) is 41.3 Å². The van der Waals surface area contributed by atoms with Crippen LogP contribution in [-0.2, 0) is 6.18 Å². The Balaban J connectivity index is 1.24. The quantitative estimate of drug-likeness (QED) is 0.380. The van der Waals surface area contributed by atoms with Crippen molar-refractivity contribution in [2.75, 3.05) is 23.3 Å². The van der Waals surface area contributed by atoms with E-state index in [4.69, 9.17) is 4.98 Å². The summed E-state index contributed by atoms with van der Waals surface area (Å²) in [4.78, 5) is 11.2. The fraction of sp³-hybridized carbons (Fsp3) is 0.429. The highest BCUT2D eigenvalue weighted by Crippen LogP contribution is 2.34. The number of aromatic nitrogens is 2. The van der Waals surface area contributed by atoms with E-state index in [2.05, 4.69) is 15.6 Å². The SMILES string of the molecule is Fc1cc(N2CCC[C@H](NC3CCCCC3Nc3nccc(-c4ccccc4)n3)C2)ccc1C(F)(F)F. The van der Waals surface area contributed by atoms with Crippen LogP contribution in [-0.4, -0.2) is 41.2 Å². The number of nitrogens with zero attached hydrogens (tertiary/aromatic N) is 3. The van der Waals surface area contributed by atoms with Gasteiger partial charge in [0.25, 0.3) is 0 Å². The van der Waals surface area contributed by atoms with E-state index in [0.29, 0.717) is 24.7 Å². The lowest BCUT2D eigenvalue weighted by atomic mass is 9.89. The van der Waals surface area contributed by atoms with Gasteiger partial charge in [0.05, 0.1) is 11.3 Å². The van der Waals surface area contributed by atoms with E-state index in [-0.39, 0.29) is 18.1 Å². The van der Waals surface area contributed by atoms with Gasteiger partial charge in [-0.25, -0.2) is 14.4 Å². The predicted molar refractivity (Wildman–Crippen MR) is 137 cm³/mol. The molecule has 2 N–H and O–H groups in total. The number of hydrogen-bond acceptors (Lipinski definition) is 5. The van der Waals surface area contributed by atoms with Crippen molar-refractivity contribution in [1.82, 2.24) is 15.3 Å². The molecule has 37 heavy (non-hydrogen) atoms. The third-order valence-corrected chi connectivity index (χ3v) is 7.30. The Morgan fingerprint density at radius 1 is 0.892 bits per heavy atom. The molecule has 1 aromatic heterocycles. The summed E-state index contributed by atoms with van der Waals surface area (Å²) >= 11 is 0. The van der Waals surface area contributed by atoms with Crippen LogP contribution in [0.15, 0.2) is 60.8 Å². The molecule has 2 aliphatic rings. The van der Waals surface area contributed by atoms with Crippen molar-refractivity contribution in [2.24, 2.45) is 0 Å². The van der Waals surface area contributed by atoms with E-state index >= 15 is 0 Å². The molecule has 5 nitrogen and oxygen atoms in total. The van der Waals surface area contributed by atoms with E-state index < -0.39 is 17.6 Å². The van der Waals surface area contributed by atoms with E-state index in [1.54, 1.807) is 6.20 Å². The van der Waals surface area contributed by atoms with E-state index in [1.165, 1.54) is 6.07 Å². The Kier molecular flexibility index (Phi) is 7.60. The zero-order chi connectivity index (χ0) is 25.8. The maximum absolute atomic E-state index is 14.2.